The van der Waals surface area contributed by atoms with Crippen LogP contribution in [0.5, 0.6) is 0 Å². The molecule has 7 heteroatoms. The molecule has 5 N–H and O–H groups in total. The van der Waals surface area contributed by atoms with Crippen molar-refractivity contribution in [3.8, 4) is 0 Å². The zero-order valence-electron chi connectivity index (χ0n) is 4.35. The van der Waals surface area contributed by atoms with E-state index in [1.165, 1.54) is 5.09 Å². The first-order valence-electron chi connectivity index (χ1n) is 1.95. The van der Waals surface area contributed by atoms with Crippen LogP contribution in [0.4, 0.5) is 0 Å². The molecule has 54 valence electrons. The van der Waals surface area contributed by atoms with Crippen molar-refractivity contribution in [1.29, 1.82) is 0 Å². The number of amides is 1. The zero-order chi connectivity index (χ0) is 7.49. The van der Waals surface area contributed by atoms with Crippen LogP contribution < -0.4 is 5.09 Å². The van der Waals surface area contributed by atoms with Crippen molar-refractivity contribution in [3.63, 3.8) is 0 Å². The van der Waals surface area contributed by atoms with E-state index < -0.39 is 20.6 Å². The number of carbonyl (C=O) groups is 1. The van der Waals surface area contributed by atoms with E-state index in [9.17, 15) is 4.79 Å². The van der Waals surface area contributed by atoms with Gasteiger partial charge in [-0.25, -0.2) is 0 Å². The Hall–Kier alpha value is -0.260. The van der Waals surface area contributed by atoms with Crippen molar-refractivity contribution in [2.45, 2.75) is 0 Å². The number of aliphatic hydroxyl groups is 1. The van der Waals surface area contributed by atoms with Gasteiger partial charge in [0.1, 0.15) is 6.61 Å². The van der Waals surface area contributed by atoms with Crippen molar-refractivity contribution in [2.75, 3.05) is 6.61 Å². The number of carbonyl (C=O) groups excluding carboxylic acids is 1. The number of hydrogen-bond acceptors (Lipinski definition) is 5. The lowest BCUT2D eigenvalue weighted by molar-refractivity contribution is -0.122. The maximum absolute atomic E-state index is 10.0. The zero-order valence-corrected chi connectivity index (χ0v) is 5.25. The third kappa shape index (κ3) is 5.61. The second-order valence-electron chi connectivity index (χ2n) is 1.26. The number of hydrogen-bond donors (Lipinski definition) is 5. The van der Waals surface area contributed by atoms with Gasteiger partial charge in [0.15, 0.2) is 0 Å². The summed E-state index contributed by atoms with van der Waals surface area (Å²) in [5, 5.41) is 9.33. The molecule has 0 heterocycles. The fourth-order valence-electron chi connectivity index (χ4n) is 0.203. The van der Waals surface area contributed by atoms with Gasteiger partial charge < -0.3 is 5.11 Å². The van der Waals surface area contributed by atoms with Crippen molar-refractivity contribution < 1.29 is 24.6 Å². The van der Waals surface area contributed by atoms with E-state index in [0.717, 1.165) is 0 Å². The largest absolute Gasteiger partial charge is 0.523 e. The van der Waals surface area contributed by atoms with Gasteiger partial charge in [0, 0.05) is 0 Å². The van der Waals surface area contributed by atoms with Gasteiger partial charge in [-0.2, -0.15) is 14.7 Å². The van der Waals surface area contributed by atoms with Crippen LogP contribution in [0, 0.1) is 0 Å². The summed E-state index contributed by atoms with van der Waals surface area (Å²) in [4.78, 5) is 34.3. The highest BCUT2D eigenvalue weighted by Gasteiger charge is 2.32. The Balaban J connectivity index is 3.60. The molecule has 0 rings (SSSR count). The second-order valence-corrected chi connectivity index (χ2v) is 2.62. The fraction of sp³-hybridized carbons (Fsp3) is 0.500. The van der Waals surface area contributed by atoms with Gasteiger partial charge in [-0.1, -0.05) is 0 Å². The molecule has 0 saturated carbocycles. The summed E-state index contributed by atoms with van der Waals surface area (Å²) in [6.07, 6.45) is 0. The molecule has 6 nitrogen and oxygen atoms in total. The van der Waals surface area contributed by atoms with Crippen LogP contribution in [0.2, 0.25) is 0 Å². The molecule has 0 spiro atoms. The molecular weight excluding hydrogens is 149 g/mol. The monoisotopic (exact) mass is 156 g/mol. The van der Waals surface area contributed by atoms with E-state index in [-0.39, 0.29) is 0 Å². The van der Waals surface area contributed by atoms with Gasteiger partial charge in [0.2, 0.25) is 0 Å². The summed E-state index contributed by atoms with van der Waals surface area (Å²) in [7, 11) is -4.25. The summed E-state index contributed by atoms with van der Waals surface area (Å²) >= 11 is 0. The second kappa shape index (κ2) is 3.05. The summed E-state index contributed by atoms with van der Waals surface area (Å²) in [5.74, 6) is -1.03. The molecule has 0 radical (unpaired) electrons. The Morgan fingerprint density at radius 2 is 1.89 bits per heavy atom. The van der Waals surface area contributed by atoms with E-state index in [4.69, 9.17) is 19.8 Å². The topological polar surface area (TPSA) is 110 Å². The average molecular weight is 156 g/mol. The fourth-order valence-corrected chi connectivity index (χ4v) is 0.608. The Bertz CT molecular complexity index is 108. The Morgan fingerprint density at radius 1 is 1.44 bits per heavy atom. The van der Waals surface area contributed by atoms with Crippen LogP contribution in [0.15, 0.2) is 0 Å². The number of nitrogens with one attached hydrogen (secondary N) is 1. The highest BCUT2D eigenvalue weighted by molar-refractivity contribution is 7.57. The van der Waals surface area contributed by atoms with E-state index in [0.29, 0.717) is 0 Å². The third-order valence-electron chi connectivity index (χ3n) is 0.418. The van der Waals surface area contributed by atoms with E-state index in [1.54, 1.807) is 0 Å². The van der Waals surface area contributed by atoms with Crippen LogP contribution in [0.1, 0.15) is 0 Å². The van der Waals surface area contributed by atoms with E-state index in [1.807, 2.05) is 0 Å². The van der Waals surface area contributed by atoms with Crippen LogP contribution in [0.3, 0.4) is 0 Å². The van der Waals surface area contributed by atoms with Gasteiger partial charge in [-0.05, 0) is 0 Å². The highest BCUT2D eigenvalue weighted by Crippen LogP contribution is 2.38. The van der Waals surface area contributed by atoms with Crippen LogP contribution in [-0.2, 0) is 4.79 Å². The van der Waals surface area contributed by atoms with Crippen molar-refractivity contribution >= 4 is 14.0 Å². The van der Waals surface area contributed by atoms with Crippen LogP contribution in [0.25, 0.3) is 0 Å². The molecule has 0 aromatic rings. The van der Waals surface area contributed by atoms with Gasteiger partial charge in [-0.15, -0.1) is 5.09 Å². The summed E-state index contributed by atoms with van der Waals surface area (Å²) < 4.78 is 0. The maximum atomic E-state index is 10.0. The van der Waals surface area contributed by atoms with E-state index in [2.05, 4.69) is 0 Å². The Morgan fingerprint density at radius 3 is 2.00 bits per heavy atom. The lowest BCUT2D eigenvalue weighted by atomic mass is 10.7. The van der Waals surface area contributed by atoms with Gasteiger partial charge in [0.25, 0.3) is 5.91 Å². The molecule has 0 aliphatic heterocycles. The predicted octanol–water partition coefficient (Wildman–Crippen LogP) is -2.25. The maximum Gasteiger partial charge on any atom is 0.523 e. The summed E-state index contributed by atoms with van der Waals surface area (Å²) in [6.45, 7) is -0.885. The summed E-state index contributed by atoms with van der Waals surface area (Å²) in [6, 6.07) is 0. The average Bonchev–Trinajstić information content (AvgIpc) is 1.62. The third-order valence-corrected chi connectivity index (χ3v) is 0.968. The van der Waals surface area contributed by atoms with Crippen molar-refractivity contribution in [3.05, 3.63) is 0 Å². The van der Waals surface area contributed by atoms with Gasteiger partial charge >= 0.3 is 8.09 Å². The molecule has 9 heavy (non-hydrogen) atoms. The summed E-state index contributed by atoms with van der Waals surface area (Å²) in [5.41, 5.74) is 0. The first-order valence-corrected chi connectivity index (χ1v) is 3.59. The molecule has 0 atom stereocenters. The Kier molecular flexibility index (Phi) is 2.96. The minimum absolute atomic E-state index is 0.885. The molecule has 0 unspecified atom stereocenters. The number of aliphatic hydroxyl groups excluding tert-OH is 1. The highest BCUT2D eigenvalue weighted by atomic mass is 31.2. The first kappa shape index (κ1) is 8.74. The lowest BCUT2D eigenvalue weighted by Gasteiger charge is -2.01. The van der Waals surface area contributed by atoms with Gasteiger partial charge in [-0.3, -0.25) is 4.79 Å². The van der Waals surface area contributed by atoms with Crippen LogP contribution >= 0.6 is 8.09 Å². The molecule has 0 aliphatic carbocycles. The molecule has 0 fully saturated rings. The minimum atomic E-state index is -4.25. The standard InChI is InChI=1S/C2H6NO5P/c4-1-2(5)3-9(6,7)8/h4,6-8H,1H2/p+1. The quantitative estimate of drug-likeness (QED) is 0.290. The predicted molar refractivity (Wildman–Crippen MR) is 28.8 cm³/mol. The lowest BCUT2D eigenvalue weighted by Crippen LogP contribution is -2.25. The van der Waals surface area contributed by atoms with Crippen LogP contribution in [-0.4, -0.2) is 32.3 Å². The van der Waals surface area contributed by atoms with E-state index >= 15 is 0 Å². The van der Waals surface area contributed by atoms with Crippen molar-refractivity contribution in [1.82, 2.24) is 5.09 Å². The minimum Gasteiger partial charge on any atom is -0.386 e. The molecule has 1 amide bonds. The molecule has 0 bridgehead atoms. The van der Waals surface area contributed by atoms with Gasteiger partial charge in [0.05, 0.1) is 0 Å². The first-order chi connectivity index (χ1) is 3.95. The Labute approximate surface area is 51.4 Å². The number of rotatable bonds is 2. The molecule has 0 aromatic heterocycles. The van der Waals surface area contributed by atoms with Crippen molar-refractivity contribution in [2.24, 2.45) is 0 Å². The smallest absolute Gasteiger partial charge is 0.386 e. The molecular formula is C2H7NO5P+. The molecule has 0 saturated heterocycles. The molecule has 0 aromatic carbocycles. The normalized spacial score (nSPS) is 11.1. The molecule has 0 aliphatic rings. The SMILES string of the molecule is O=C(CO)N[P+](O)(O)O.